The van der Waals surface area contributed by atoms with Crippen LogP contribution in [0.4, 0.5) is 5.69 Å². The van der Waals surface area contributed by atoms with Crippen molar-refractivity contribution in [1.82, 2.24) is 5.32 Å². The summed E-state index contributed by atoms with van der Waals surface area (Å²) < 4.78 is 11.5. The van der Waals surface area contributed by atoms with Crippen molar-refractivity contribution in [3.8, 4) is 11.5 Å². The van der Waals surface area contributed by atoms with Crippen LogP contribution in [0.2, 0.25) is 5.02 Å². The van der Waals surface area contributed by atoms with Crippen LogP contribution in [0.1, 0.15) is 11.1 Å². The summed E-state index contributed by atoms with van der Waals surface area (Å²) in [6, 6.07) is 9.37. The zero-order valence-corrected chi connectivity index (χ0v) is 16.8. The number of thiocarbonyl (C=S) groups is 1. The van der Waals surface area contributed by atoms with Gasteiger partial charge in [-0.25, -0.2) is 0 Å². The summed E-state index contributed by atoms with van der Waals surface area (Å²) in [4.78, 5) is 22.5. The summed E-state index contributed by atoms with van der Waals surface area (Å²) in [6.07, 6.45) is 1.66. The van der Waals surface area contributed by atoms with Crippen molar-refractivity contribution in [3.63, 3.8) is 0 Å². The van der Waals surface area contributed by atoms with Crippen LogP contribution in [-0.2, 0) is 11.4 Å². The predicted octanol–water partition coefficient (Wildman–Crippen LogP) is 4.32. The smallest absolute Gasteiger partial charge is 0.269 e. The van der Waals surface area contributed by atoms with Crippen LogP contribution in [0.25, 0.3) is 6.08 Å². The van der Waals surface area contributed by atoms with Gasteiger partial charge in [-0.3, -0.25) is 14.9 Å². The molecule has 0 radical (unpaired) electrons. The molecule has 1 heterocycles. The normalized spacial score (nSPS) is 14.9. The van der Waals surface area contributed by atoms with Crippen molar-refractivity contribution in [2.75, 3.05) is 7.11 Å². The van der Waals surface area contributed by atoms with Gasteiger partial charge >= 0.3 is 0 Å². The number of rotatable bonds is 6. The Balaban J connectivity index is 1.80. The molecule has 0 aliphatic carbocycles. The molecule has 2 aromatic rings. The largest absolute Gasteiger partial charge is 0.493 e. The van der Waals surface area contributed by atoms with E-state index in [4.69, 9.17) is 33.3 Å². The first kappa shape index (κ1) is 20.1. The lowest BCUT2D eigenvalue weighted by Gasteiger charge is -2.13. The molecule has 1 aliphatic heterocycles. The van der Waals surface area contributed by atoms with Crippen molar-refractivity contribution in [2.24, 2.45) is 0 Å². The second kappa shape index (κ2) is 8.59. The van der Waals surface area contributed by atoms with E-state index in [0.29, 0.717) is 31.3 Å². The molecule has 1 N–H and O–H groups in total. The van der Waals surface area contributed by atoms with E-state index in [2.05, 4.69) is 5.32 Å². The van der Waals surface area contributed by atoms with Gasteiger partial charge in [-0.15, -0.1) is 0 Å². The highest BCUT2D eigenvalue weighted by atomic mass is 35.5. The summed E-state index contributed by atoms with van der Waals surface area (Å²) in [6.45, 7) is 0.154. The summed E-state index contributed by atoms with van der Waals surface area (Å²) in [7, 11) is 1.48. The van der Waals surface area contributed by atoms with Crippen molar-refractivity contribution in [1.29, 1.82) is 0 Å². The molecule has 1 amide bonds. The quantitative estimate of drug-likeness (QED) is 0.312. The molecule has 0 aromatic heterocycles. The third-order valence-corrected chi connectivity index (χ3v) is 5.17. The molecule has 144 valence electrons. The number of nitrogens with one attached hydrogen (secondary N) is 1. The number of nitro groups is 1. The second-order valence-electron chi connectivity index (χ2n) is 5.60. The standard InChI is InChI=1S/C18H13ClN2O5S2/c1-25-14-7-11(8-15-17(22)20-18(27)28-15)6-13(19)16(14)26-9-10-2-4-12(5-3-10)21(23)24/h2-8H,9H2,1H3,(H,20,22,27)/b15-8-. The fourth-order valence-corrected chi connectivity index (χ4v) is 3.72. The number of hydrogen-bond donors (Lipinski definition) is 1. The van der Waals surface area contributed by atoms with Crippen LogP contribution in [0.15, 0.2) is 41.3 Å². The average Bonchev–Trinajstić information content (AvgIpc) is 2.97. The number of carbonyl (C=O) groups is 1. The van der Waals surface area contributed by atoms with Gasteiger partial charge in [-0.2, -0.15) is 0 Å². The zero-order chi connectivity index (χ0) is 20.3. The molecule has 0 spiro atoms. The number of nitrogens with zero attached hydrogens (tertiary/aromatic N) is 1. The fraction of sp³-hybridized carbons (Fsp3) is 0.111. The number of carbonyl (C=O) groups excluding carboxylic acids is 1. The van der Waals surface area contributed by atoms with Crippen LogP contribution in [0.5, 0.6) is 11.5 Å². The number of nitro benzene ring substituents is 1. The summed E-state index contributed by atoms with van der Waals surface area (Å²) in [5, 5.41) is 13.6. The maximum absolute atomic E-state index is 11.8. The van der Waals surface area contributed by atoms with Crippen LogP contribution >= 0.6 is 35.6 Å². The van der Waals surface area contributed by atoms with E-state index < -0.39 is 4.92 Å². The number of amides is 1. The van der Waals surface area contributed by atoms with E-state index >= 15 is 0 Å². The van der Waals surface area contributed by atoms with Gasteiger partial charge in [0, 0.05) is 12.1 Å². The molecule has 7 nitrogen and oxygen atoms in total. The van der Waals surface area contributed by atoms with E-state index in [1.807, 2.05) is 0 Å². The Labute approximate surface area is 174 Å². The van der Waals surface area contributed by atoms with Gasteiger partial charge in [0.25, 0.3) is 11.6 Å². The molecule has 1 aliphatic rings. The maximum atomic E-state index is 11.8. The lowest BCUT2D eigenvalue weighted by molar-refractivity contribution is -0.384. The summed E-state index contributed by atoms with van der Waals surface area (Å²) in [5.74, 6) is 0.472. The van der Waals surface area contributed by atoms with Crippen molar-refractivity contribution in [2.45, 2.75) is 6.61 Å². The molecule has 3 rings (SSSR count). The average molecular weight is 437 g/mol. The number of halogens is 1. The highest BCUT2D eigenvalue weighted by Gasteiger charge is 2.22. The van der Waals surface area contributed by atoms with Gasteiger partial charge in [0.1, 0.15) is 10.9 Å². The number of benzene rings is 2. The molecule has 0 atom stereocenters. The Kier molecular flexibility index (Phi) is 6.18. The minimum absolute atomic E-state index is 0.00468. The molecular weight excluding hydrogens is 424 g/mol. The Morgan fingerprint density at radius 3 is 2.61 bits per heavy atom. The summed E-state index contributed by atoms with van der Waals surface area (Å²) >= 11 is 12.5. The molecule has 1 saturated heterocycles. The second-order valence-corrected chi connectivity index (χ2v) is 7.72. The van der Waals surface area contributed by atoms with Crippen molar-refractivity contribution >= 4 is 57.6 Å². The first-order chi connectivity index (χ1) is 13.4. The lowest BCUT2D eigenvalue weighted by Crippen LogP contribution is -2.17. The van der Waals surface area contributed by atoms with Crippen molar-refractivity contribution in [3.05, 3.63) is 67.6 Å². The van der Waals surface area contributed by atoms with Gasteiger partial charge in [-0.1, -0.05) is 35.6 Å². The Morgan fingerprint density at radius 1 is 1.32 bits per heavy atom. The van der Waals surface area contributed by atoms with E-state index in [1.165, 1.54) is 31.0 Å². The maximum Gasteiger partial charge on any atom is 0.269 e. The minimum atomic E-state index is -0.465. The fourth-order valence-electron chi connectivity index (χ4n) is 2.40. The number of non-ortho nitro benzene ring substituents is 1. The highest BCUT2D eigenvalue weighted by molar-refractivity contribution is 8.26. The number of hydrogen-bond acceptors (Lipinski definition) is 7. The van der Waals surface area contributed by atoms with E-state index in [0.717, 1.165) is 5.56 Å². The van der Waals surface area contributed by atoms with Gasteiger partial charge in [0.15, 0.2) is 11.5 Å². The van der Waals surface area contributed by atoms with Gasteiger partial charge < -0.3 is 14.8 Å². The van der Waals surface area contributed by atoms with E-state index in [1.54, 1.807) is 30.3 Å². The highest BCUT2D eigenvalue weighted by Crippen LogP contribution is 2.38. The number of methoxy groups -OCH3 is 1. The number of thioether (sulfide) groups is 1. The van der Waals surface area contributed by atoms with Crippen LogP contribution in [0.3, 0.4) is 0 Å². The third kappa shape index (κ3) is 4.61. The molecule has 2 aromatic carbocycles. The van der Waals surface area contributed by atoms with Crippen LogP contribution in [0, 0.1) is 10.1 Å². The SMILES string of the molecule is COc1cc(/C=C2\SC(=S)NC2=O)cc(Cl)c1OCc1ccc([N+](=O)[O-])cc1. The number of ether oxygens (including phenoxy) is 2. The van der Waals surface area contributed by atoms with Crippen molar-refractivity contribution < 1.29 is 19.2 Å². The summed E-state index contributed by atoms with van der Waals surface area (Å²) in [5.41, 5.74) is 1.40. The molecule has 0 bridgehead atoms. The molecule has 0 saturated carbocycles. The Bertz CT molecular complexity index is 992. The zero-order valence-electron chi connectivity index (χ0n) is 14.4. The monoisotopic (exact) mass is 436 g/mol. The van der Waals surface area contributed by atoms with E-state index in [-0.39, 0.29) is 18.2 Å². The first-order valence-electron chi connectivity index (χ1n) is 7.86. The first-order valence-corrected chi connectivity index (χ1v) is 9.46. The van der Waals surface area contributed by atoms with Crippen LogP contribution < -0.4 is 14.8 Å². The molecule has 10 heteroatoms. The van der Waals surface area contributed by atoms with Gasteiger partial charge in [0.2, 0.25) is 0 Å². The molecular formula is C18H13ClN2O5S2. The Morgan fingerprint density at radius 2 is 2.04 bits per heavy atom. The predicted molar refractivity (Wildman–Crippen MR) is 112 cm³/mol. The van der Waals surface area contributed by atoms with Gasteiger partial charge in [-0.05, 0) is 41.5 Å². The lowest BCUT2D eigenvalue weighted by atomic mass is 10.1. The molecule has 28 heavy (non-hydrogen) atoms. The minimum Gasteiger partial charge on any atom is -0.493 e. The third-order valence-electron chi connectivity index (χ3n) is 3.72. The van der Waals surface area contributed by atoms with Crippen LogP contribution in [-0.4, -0.2) is 22.3 Å². The Hall–Kier alpha value is -2.62. The molecule has 0 unspecified atom stereocenters. The molecule has 1 fully saturated rings. The van der Waals surface area contributed by atoms with Gasteiger partial charge in [0.05, 0.1) is 22.0 Å². The topological polar surface area (TPSA) is 90.7 Å². The van der Waals surface area contributed by atoms with E-state index in [9.17, 15) is 14.9 Å².